The van der Waals surface area contributed by atoms with E-state index in [-0.39, 0.29) is 22.9 Å². The zero-order valence-corrected chi connectivity index (χ0v) is 20.7. The largest absolute Gasteiger partial charge is 0.507 e. The van der Waals surface area contributed by atoms with Crippen molar-refractivity contribution in [1.82, 2.24) is 9.80 Å². The average Bonchev–Trinajstić information content (AvgIpc) is 3.07. The minimum absolute atomic E-state index is 0.0458. The number of ether oxygens (including phenoxy) is 3. The van der Waals surface area contributed by atoms with Gasteiger partial charge in [-0.1, -0.05) is 23.7 Å². The van der Waals surface area contributed by atoms with Crippen molar-refractivity contribution in [3.63, 3.8) is 0 Å². The Morgan fingerprint density at radius 2 is 1.85 bits per heavy atom. The second-order valence-electron chi connectivity index (χ2n) is 7.96. The molecular weight excluding hydrogens is 460 g/mol. The Bertz CT molecular complexity index is 1110. The number of Topliss-reactive ketones (excluding diaryl/α,β-unsaturated/α-hetero) is 1. The van der Waals surface area contributed by atoms with E-state index in [1.807, 2.05) is 25.9 Å². The van der Waals surface area contributed by atoms with Crippen LogP contribution >= 0.6 is 11.6 Å². The number of para-hydroxylation sites is 1. The average molecular weight is 489 g/mol. The molecule has 1 amide bonds. The number of hydrogen-bond donors (Lipinski definition) is 1. The van der Waals surface area contributed by atoms with Gasteiger partial charge in [0, 0.05) is 24.2 Å². The van der Waals surface area contributed by atoms with E-state index in [0.29, 0.717) is 41.5 Å². The first-order valence-electron chi connectivity index (χ1n) is 10.8. The van der Waals surface area contributed by atoms with Gasteiger partial charge in [-0.05, 0) is 45.3 Å². The van der Waals surface area contributed by atoms with E-state index in [1.54, 1.807) is 30.3 Å². The summed E-state index contributed by atoms with van der Waals surface area (Å²) >= 11 is 6.31. The van der Waals surface area contributed by atoms with Gasteiger partial charge in [0.05, 0.1) is 37.5 Å². The standard InChI is InChI=1S/C25H29ClN2O6/c1-6-34-18-11-10-15(14-17(18)26)22(29)20-21(16-8-7-9-19(32-4)24(16)33-5)28(13-12-27(2)3)25(31)23(20)30/h7-11,14,21,29H,6,12-13H2,1-5H3/t21-/m1/s1. The number of carbonyl (C=O) groups excluding carboxylic acids is 2. The minimum atomic E-state index is -0.879. The highest BCUT2D eigenvalue weighted by Crippen LogP contribution is 2.45. The molecule has 34 heavy (non-hydrogen) atoms. The van der Waals surface area contributed by atoms with Crippen LogP contribution in [0.5, 0.6) is 17.2 Å². The summed E-state index contributed by atoms with van der Waals surface area (Å²) in [6.45, 7) is 3.05. The molecule has 0 radical (unpaired) electrons. The Balaban J connectivity index is 2.22. The Hall–Kier alpha value is -3.23. The van der Waals surface area contributed by atoms with E-state index in [2.05, 4.69) is 0 Å². The van der Waals surface area contributed by atoms with Crippen LogP contribution in [0.4, 0.5) is 0 Å². The lowest BCUT2D eigenvalue weighted by molar-refractivity contribution is -0.140. The fourth-order valence-corrected chi connectivity index (χ4v) is 4.18. The molecule has 9 heteroatoms. The number of aliphatic hydroxyl groups excluding tert-OH is 1. The number of hydrogen-bond acceptors (Lipinski definition) is 7. The van der Waals surface area contributed by atoms with Crippen molar-refractivity contribution in [1.29, 1.82) is 0 Å². The van der Waals surface area contributed by atoms with Crippen molar-refractivity contribution in [3.8, 4) is 17.2 Å². The lowest BCUT2D eigenvalue weighted by Crippen LogP contribution is -2.35. The Kier molecular flexibility index (Phi) is 8.06. The number of carbonyl (C=O) groups is 2. The number of amides is 1. The summed E-state index contributed by atoms with van der Waals surface area (Å²) in [5, 5.41) is 11.5. The predicted octanol–water partition coefficient (Wildman–Crippen LogP) is 3.74. The lowest BCUT2D eigenvalue weighted by Gasteiger charge is -2.28. The summed E-state index contributed by atoms with van der Waals surface area (Å²) in [6.07, 6.45) is 0. The van der Waals surface area contributed by atoms with Crippen molar-refractivity contribution in [3.05, 3.63) is 58.1 Å². The van der Waals surface area contributed by atoms with Gasteiger partial charge < -0.3 is 29.1 Å². The van der Waals surface area contributed by atoms with E-state index in [9.17, 15) is 14.7 Å². The zero-order chi connectivity index (χ0) is 25.0. The molecule has 8 nitrogen and oxygen atoms in total. The lowest BCUT2D eigenvalue weighted by atomic mass is 9.94. The number of likely N-dealkylation sites (tertiary alicyclic amines) is 1. The van der Waals surface area contributed by atoms with Crippen molar-refractivity contribution < 1.29 is 28.9 Å². The number of halogens is 1. The number of likely N-dealkylation sites (N-methyl/N-ethyl adjacent to an activating group) is 1. The van der Waals surface area contributed by atoms with Gasteiger partial charge in [0.1, 0.15) is 11.5 Å². The Morgan fingerprint density at radius 1 is 1.12 bits per heavy atom. The third-order valence-electron chi connectivity index (χ3n) is 5.56. The number of ketones is 1. The molecule has 2 aromatic carbocycles. The second-order valence-corrected chi connectivity index (χ2v) is 8.36. The Labute approximate surface area is 204 Å². The maximum absolute atomic E-state index is 13.2. The van der Waals surface area contributed by atoms with E-state index < -0.39 is 17.7 Å². The number of rotatable bonds is 9. The van der Waals surface area contributed by atoms with Gasteiger partial charge in [-0.25, -0.2) is 0 Å². The third kappa shape index (κ3) is 4.83. The first-order chi connectivity index (χ1) is 16.2. The van der Waals surface area contributed by atoms with Crippen LogP contribution in [0.25, 0.3) is 5.76 Å². The zero-order valence-electron chi connectivity index (χ0n) is 19.9. The van der Waals surface area contributed by atoms with Crippen LogP contribution in [0.2, 0.25) is 5.02 Å². The second kappa shape index (κ2) is 10.8. The summed E-state index contributed by atoms with van der Waals surface area (Å²) in [5.41, 5.74) is 0.778. The molecule has 0 aliphatic carbocycles. The fraction of sp³-hybridized carbons (Fsp3) is 0.360. The van der Waals surface area contributed by atoms with Crippen LogP contribution in [0.1, 0.15) is 24.1 Å². The van der Waals surface area contributed by atoms with Gasteiger partial charge in [0.25, 0.3) is 11.7 Å². The summed E-state index contributed by atoms with van der Waals surface area (Å²) in [4.78, 5) is 29.7. The van der Waals surface area contributed by atoms with Crippen LogP contribution in [-0.4, -0.2) is 74.6 Å². The summed E-state index contributed by atoms with van der Waals surface area (Å²) in [6, 6.07) is 9.06. The molecule has 1 heterocycles. The number of aliphatic hydroxyl groups is 1. The molecule has 0 saturated carbocycles. The van der Waals surface area contributed by atoms with E-state index >= 15 is 0 Å². The quantitative estimate of drug-likeness (QED) is 0.327. The highest BCUT2D eigenvalue weighted by molar-refractivity contribution is 6.46. The number of nitrogens with zero attached hydrogens (tertiary/aromatic N) is 2. The van der Waals surface area contributed by atoms with Crippen LogP contribution < -0.4 is 14.2 Å². The molecule has 2 aromatic rings. The monoisotopic (exact) mass is 488 g/mol. The molecule has 0 bridgehead atoms. The third-order valence-corrected chi connectivity index (χ3v) is 5.86. The first-order valence-corrected chi connectivity index (χ1v) is 11.2. The highest BCUT2D eigenvalue weighted by Gasteiger charge is 2.47. The molecule has 0 spiro atoms. The van der Waals surface area contributed by atoms with Gasteiger partial charge in [-0.3, -0.25) is 9.59 Å². The number of benzene rings is 2. The van der Waals surface area contributed by atoms with Crippen molar-refractivity contribution in [2.75, 3.05) is 48.0 Å². The van der Waals surface area contributed by atoms with Gasteiger partial charge in [-0.2, -0.15) is 0 Å². The van der Waals surface area contributed by atoms with Gasteiger partial charge in [-0.15, -0.1) is 0 Å². The summed E-state index contributed by atoms with van der Waals surface area (Å²) in [5.74, 6) is -0.528. The molecule has 1 fully saturated rings. The Morgan fingerprint density at radius 3 is 2.44 bits per heavy atom. The molecule has 1 aliphatic heterocycles. The molecule has 0 aromatic heterocycles. The fourth-order valence-electron chi connectivity index (χ4n) is 3.95. The number of methoxy groups -OCH3 is 2. The van der Waals surface area contributed by atoms with Crippen LogP contribution in [-0.2, 0) is 9.59 Å². The SMILES string of the molecule is CCOc1ccc(C(O)=C2C(=O)C(=O)N(CCN(C)C)[C@@H]2c2cccc(OC)c2OC)cc1Cl. The smallest absolute Gasteiger partial charge is 0.295 e. The van der Waals surface area contributed by atoms with Crippen LogP contribution in [0.15, 0.2) is 42.0 Å². The van der Waals surface area contributed by atoms with Crippen molar-refractivity contribution >= 4 is 29.1 Å². The molecule has 1 aliphatic rings. The normalized spacial score (nSPS) is 17.4. The topological polar surface area (TPSA) is 88.5 Å². The van der Waals surface area contributed by atoms with Gasteiger partial charge >= 0.3 is 0 Å². The summed E-state index contributed by atoms with van der Waals surface area (Å²) in [7, 11) is 6.74. The van der Waals surface area contributed by atoms with Gasteiger partial charge in [0.2, 0.25) is 0 Å². The molecule has 1 N–H and O–H groups in total. The van der Waals surface area contributed by atoms with E-state index in [0.717, 1.165) is 0 Å². The molecule has 182 valence electrons. The molecule has 0 unspecified atom stereocenters. The van der Waals surface area contributed by atoms with Crippen molar-refractivity contribution in [2.45, 2.75) is 13.0 Å². The maximum Gasteiger partial charge on any atom is 0.295 e. The summed E-state index contributed by atoms with van der Waals surface area (Å²) < 4.78 is 16.5. The molecule has 1 atom stereocenters. The van der Waals surface area contributed by atoms with Crippen LogP contribution in [0.3, 0.4) is 0 Å². The van der Waals surface area contributed by atoms with Crippen molar-refractivity contribution in [2.24, 2.45) is 0 Å². The highest BCUT2D eigenvalue weighted by atomic mass is 35.5. The molecule has 1 saturated heterocycles. The van der Waals surface area contributed by atoms with Gasteiger partial charge in [0.15, 0.2) is 11.5 Å². The van der Waals surface area contributed by atoms with E-state index in [4.69, 9.17) is 25.8 Å². The molecule has 3 rings (SSSR count). The first kappa shape index (κ1) is 25.4. The molecular formula is C25H29ClN2O6. The predicted molar refractivity (Wildman–Crippen MR) is 130 cm³/mol. The minimum Gasteiger partial charge on any atom is -0.507 e. The van der Waals surface area contributed by atoms with Crippen LogP contribution in [0, 0.1) is 0 Å². The maximum atomic E-state index is 13.2. The van der Waals surface area contributed by atoms with E-state index in [1.165, 1.54) is 25.2 Å².